The summed E-state index contributed by atoms with van der Waals surface area (Å²) in [5.74, 6) is 0. The van der Waals surface area contributed by atoms with E-state index in [2.05, 4.69) is 9.71 Å². The van der Waals surface area contributed by atoms with Crippen LogP contribution in [0, 0.1) is 0 Å². The SMILES string of the molecule is C[C@H](NS(=O)(=O)c1cc(Cl)cc(Cl)c1)c1ccccn1. The Labute approximate surface area is 127 Å². The summed E-state index contributed by atoms with van der Waals surface area (Å²) in [5, 5.41) is 0.534. The maximum absolute atomic E-state index is 12.3. The molecule has 7 heteroatoms. The van der Waals surface area contributed by atoms with Crippen molar-refractivity contribution in [3.05, 3.63) is 58.3 Å². The summed E-state index contributed by atoms with van der Waals surface area (Å²) in [5.41, 5.74) is 0.629. The first-order chi connectivity index (χ1) is 9.38. The van der Waals surface area contributed by atoms with Gasteiger partial charge in [-0.3, -0.25) is 4.98 Å². The highest BCUT2D eigenvalue weighted by Gasteiger charge is 2.19. The maximum Gasteiger partial charge on any atom is 0.241 e. The fourth-order valence-corrected chi connectivity index (χ4v) is 3.62. The van der Waals surface area contributed by atoms with Gasteiger partial charge in [-0.25, -0.2) is 13.1 Å². The molecule has 2 aromatic rings. The van der Waals surface area contributed by atoms with Crippen LogP contribution < -0.4 is 4.72 Å². The van der Waals surface area contributed by atoms with Crippen molar-refractivity contribution < 1.29 is 8.42 Å². The molecule has 0 bridgehead atoms. The number of sulfonamides is 1. The highest BCUT2D eigenvalue weighted by Crippen LogP contribution is 2.23. The minimum absolute atomic E-state index is 0.0257. The zero-order chi connectivity index (χ0) is 14.8. The summed E-state index contributed by atoms with van der Waals surface area (Å²) in [4.78, 5) is 4.14. The van der Waals surface area contributed by atoms with E-state index in [9.17, 15) is 8.42 Å². The summed E-state index contributed by atoms with van der Waals surface area (Å²) in [6.07, 6.45) is 1.61. The van der Waals surface area contributed by atoms with Crippen molar-refractivity contribution in [2.75, 3.05) is 0 Å². The van der Waals surface area contributed by atoms with E-state index in [0.29, 0.717) is 5.69 Å². The number of aromatic nitrogens is 1. The summed E-state index contributed by atoms with van der Waals surface area (Å²) in [6.45, 7) is 1.71. The van der Waals surface area contributed by atoms with Crippen LogP contribution in [0.2, 0.25) is 10.0 Å². The molecule has 1 heterocycles. The first kappa shape index (κ1) is 15.3. The molecular formula is C13H12Cl2N2O2S. The number of hydrogen-bond donors (Lipinski definition) is 1. The molecule has 0 saturated heterocycles. The lowest BCUT2D eigenvalue weighted by molar-refractivity contribution is 0.564. The standard InChI is InChI=1S/C13H12Cl2N2O2S/c1-9(13-4-2-3-5-16-13)17-20(18,19)12-7-10(14)6-11(15)8-12/h2-9,17H,1H3/t9-/m0/s1. The molecule has 4 nitrogen and oxygen atoms in total. The fourth-order valence-electron chi connectivity index (χ4n) is 1.68. The maximum atomic E-state index is 12.3. The molecule has 0 amide bonds. The molecule has 20 heavy (non-hydrogen) atoms. The number of pyridine rings is 1. The fraction of sp³-hybridized carbons (Fsp3) is 0.154. The minimum Gasteiger partial charge on any atom is -0.260 e. The van der Waals surface area contributed by atoms with Gasteiger partial charge in [-0.1, -0.05) is 29.3 Å². The van der Waals surface area contributed by atoms with Crippen molar-refractivity contribution in [2.45, 2.75) is 17.9 Å². The van der Waals surface area contributed by atoms with Crippen LogP contribution in [-0.2, 0) is 10.0 Å². The zero-order valence-electron chi connectivity index (χ0n) is 10.5. The highest BCUT2D eigenvalue weighted by molar-refractivity contribution is 7.89. The Kier molecular flexibility index (Phi) is 4.65. The molecule has 1 atom stereocenters. The van der Waals surface area contributed by atoms with Gasteiger partial charge < -0.3 is 0 Å². The summed E-state index contributed by atoms with van der Waals surface area (Å²) < 4.78 is 27.1. The number of rotatable bonds is 4. The van der Waals surface area contributed by atoms with Crippen LogP contribution >= 0.6 is 23.2 Å². The Morgan fingerprint density at radius 1 is 1.15 bits per heavy atom. The summed E-state index contributed by atoms with van der Waals surface area (Å²) >= 11 is 11.6. The molecule has 0 aliphatic carbocycles. The third-order valence-electron chi connectivity index (χ3n) is 2.61. The highest BCUT2D eigenvalue weighted by atomic mass is 35.5. The predicted octanol–water partition coefficient (Wildman–Crippen LogP) is 3.43. The van der Waals surface area contributed by atoms with Gasteiger partial charge in [-0.05, 0) is 37.3 Å². The van der Waals surface area contributed by atoms with Gasteiger partial charge in [0.2, 0.25) is 10.0 Å². The van der Waals surface area contributed by atoms with E-state index in [1.807, 2.05) is 0 Å². The van der Waals surface area contributed by atoms with E-state index in [0.717, 1.165) is 0 Å². The first-order valence-electron chi connectivity index (χ1n) is 5.78. The Morgan fingerprint density at radius 3 is 2.35 bits per heavy atom. The normalized spacial score (nSPS) is 13.2. The van der Waals surface area contributed by atoms with E-state index >= 15 is 0 Å². The van der Waals surface area contributed by atoms with Gasteiger partial charge in [0.15, 0.2) is 0 Å². The minimum atomic E-state index is -3.71. The molecule has 0 fully saturated rings. The molecule has 2 rings (SSSR count). The molecular weight excluding hydrogens is 319 g/mol. The van der Waals surface area contributed by atoms with Crippen LogP contribution in [0.1, 0.15) is 18.7 Å². The monoisotopic (exact) mass is 330 g/mol. The molecule has 0 spiro atoms. The molecule has 0 radical (unpaired) electrons. The zero-order valence-corrected chi connectivity index (χ0v) is 12.9. The third-order valence-corrected chi connectivity index (χ3v) is 4.57. The molecule has 0 unspecified atom stereocenters. The largest absolute Gasteiger partial charge is 0.260 e. The Bertz CT molecular complexity index is 685. The second-order valence-electron chi connectivity index (χ2n) is 4.20. The Hall–Kier alpha value is -1.14. The summed E-state index contributed by atoms with van der Waals surface area (Å²) in [6, 6.07) is 9.02. The average Bonchev–Trinajstić information content (AvgIpc) is 2.38. The smallest absolute Gasteiger partial charge is 0.241 e. The van der Waals surface area contributed by atoms with E-state index in [1.165, 1.54) is 18.2 Å². The van der Waals surface area contributed by atoms with Gasteiger partial charge in [-0.2, -0.15) is 0 Å². The Morgan fingerprint density at radius 2 is 1.80 bits per heavy atom. The van der Waals surface area contributed by atoms with Crippen molar-refractivity contribution in [1.29, 1.82) is 0 Å². The lowest BCUT2D eigenvalue weighted by Crippen LogP contribution is -2.27. The van der Waals surface area contributed by atoms with E-state index in [4.69, 9.17) is 23.2 Å². The van der Waals surface area contributed by atoms with Gasteiger partial charge in [0.05, 0.1) is 16.6 Å². The van der Waals surface area contributed by atoms with Crippen LogP contribution in [-0.4, -0.2) is 13.4 Å². The van der Waals surface area contributed by atoms with Crippen LogP contribution in [0.5, 0.6) is 0 Å². The predicted molar refractivity (Wildman–Crippen MR) is 79.4 cm³/mol. The van der Waals surface area contributed by atoms with E-state index in [-0.39, 0.29) is 14.9 Å². The van der Waals surface area contributed by atoms with Crippen molar-refractivity contribution >= 4 is 33.2 Å². The van der Waals surface area contributed by atoms with Gasteiger partial charge >= 0.3 is 0 Å². The number of benzene rings is 1. The number of nitrogens with one attached hydrogen (secondary N) is 1. The number of halogens is 2. The second kappa shape index (κ2) is 6.10. The van der Waals surface area contributed by atoms with Gasteiger partial charge in [-0.15, -0.1) is 0 Å². The first-order valence-corrected chi connectivity index (χ1v) is 8.02. The van der Waals surface area contributed by atoms with E-state index < -0.39 is 16.1 Å². The topological polar surface area (TPSA) is 59.1 Å². The van der Waals surface area contributed by atoms with E-state index in [1.54, 1.807) is 31.3 Å². The number of hydrogen-bond acceptors (Lipinski definition) is 3. The lowest BCUT2D eigenvalue weighted by Gasteiger charge is -2.14. The molecule has 1 aromatic heterocycles. The van der Waals surface area contributed by atoms with Crippen LogP contribution in [0.15, 0.2) is 47.5 Å². The summed E-state index contributed by atoms with van der Waals surface area (Å²) in [7, 11) is -3.71. The lowest BCUT2D eigenvalue weighted by atomic mass is 10.2. The molecule has 106 valence electrons. The molecule has 0 aliphatic heterocycles. The van der Waals surface area contributed by atoms with Gasteiger partial charge in [0, 0.05) is 16.2 Å². The van der Waals surface area contributed by atoms with Gasteiger partial charge in [0.25, 0.3) is 0 Å². The van der Waals surface area contributed by atoms with Crippen molar-refractivity contribution in [3.8, 4) is 0 Å². The third kappa shape index (κ3) is 3.70. The molecule has 1 N–H and O–H groups in total. The Balaban J connectivity index is 2.27. The average molecular weight is 331 g/mol. The van der Waals surface area contributed by atoms with Crippen molar-refractivity contribution in [2.24, 2.45) is 0 Å². The van der Waals surface area contributed by atoms with Crippen molar-refractivity contribution in [1.82, 2.24) is 9.71 Å². The van der Waals surface area contributed by atoms with Crippen LogP contribution in [0.3, 0.4) is 0 Å². The second-order valence-corrected chi connectivity index (χ2v) is 6.79. The molecule has 1 aromatic carbocycles. The quantitative estimate of drug-likeness (QED) is 0.934. The van der Waals surface area contributed by atoms with Gasteiger partial charge in [0.1, 0.15) is 0 Å². The molecule has 0 aliphatic rings. The van der Waals surface area contributed by atoms with Crippen molar-refractivity contribution in [3.63, 3.8) is 0 Å². The molecule has 0 saturated carbocycles. The van der Waals surface area contributed by atoms with Crippen LogP contribution in [0.25, 0.3) is 0 Å². The number of nitrogens with zero attached hydrogens (tertiary/aromatic N) is 1. The van der Waals surface area contributed by atoms with Crippen LogP contribution in [0.4, 0.5) is 0 Å².